The predicted molar refractivity (Wildman–Crippen MR) is 122 cm³/mol. The van der Waals surface area contributed by atoms with Crippen molar-refractivity contribution in [2.24, 2.45) is 5.41 Å². The van der Waals surface area contributed by atoms with Gasteiger partial charge in [-0.15, -0.1) is 0 Å². The largest absolute Gasteiger partial charge is 0.490 e. The number of hydrogen-bond acceptors (Lipinski definition) is 5. The molecule has 9 heteroatoms. The van der Waals surface area contributed by atoms with Crippen LogP contribution in [0.4, 0.5) is 13.2 Å². The number of halogens is 3. The molecule has 33 heavy (non-hydrogen) atoms. The zero-order chi connectivity index (χ0) is 23.5. The third-order valence-corrected chi connectivity index (χ3v) is 7.67. The first-order valence-corrected chi connectivity index (χ1v) is 12.3. The Bertz CT molecular complexity index is 943. The predicted octanol–water partition coefficient (Wildman–Crippen LogP) is 4.17. The van der Waals surface area contributed by atoms with Crippen molar-refractivity contribution in [1.29, 1.82) is 0 Å². The van der Waals surface area contributed by atoms with E-state index < -0.39 is 12.1 Å². The quantitative estimate of drug-likeness (QED) is 0.598. The number of carboxylic acids is 1. The Morgan fingerprint density at radius 2 is 1.82 bits per heavy atom. The maximum absolute atomic E-state index is 10.6. The second kappa shape index (κ2) is 10.1. The molecule has 5 rings (SSSR count). The highest BCUT2D eigenvalue weighted by Crippen LogP contribution is 2.56. The summed E-state index contributed by atoms with van der Waals surface area (Å²) in [5, 5.41) is 18.7. The summed E-state index contributed by atoms with van der Waals surface area (Å²) < 4.78 is 31.7. The van der Waals surface area contributed by atoms with Crippen LogP contribution < -0.4 is 10.6 Å². The van der Waals surface area contributed by atoms with Gasteiger partial charge in [0.2, 0.25) is 0 Å². The van der Waals surface area contributed by atoms with Crippen molar-refractivity contribution in [1.82, 2.24) is 15.5 Å². The van der Waals surface area contributed by atoms with E-state index in [1.165, 1.54) is 61.0 Å². The highest BCUT2D eigenvalue weighted by molar-refractivity contribution is 7.07. The molecule has 1 aromatic heterocycles. The van der Waals surface area contributed by atoms with E-state index in [9.17, 15) is 13.2 Å². The van der Waals surface area contributed by atoms with Gasteiger partial charge >= 0.3 is 12.1 Å². The van der Waals surface area contributed by atoms with Gasteiger partial charge < -0.3 is 15.7 Å². The summed E-state index contributed by atoms with van der Waals surface area (Å²) in [6, 6.07) is 10.3. The third kappa shape index (κ3) is 6.15. The monoisotopic (exact) mass is 481 g/mol. The van der Waals surface area contributed by atoms with Gasteiger partial charge in [-0.3, -0.25) is 4.90 Å². The summed E-state index contributed by atoms with van der Waals surface area (Å²) >= 11 is 1.82. The molecular formula is C24H30F3N3O2S. The van der Waals surface area contributed by atoms with Crippen molar-refractivity contribution in [3.8, 4) is 0 Å². The van der Waals surface area contributed by atoms with Crippen molar-refractivity contribution in [2.45, 2.75) is 57.5 Å². The first kappa shape index (κ1) is 24.2. The van der Waals surface area contributed by atoms with Crippen LogP contribution in [0.3, 0.4) is 0 Å². The van der Waals surface area contributed by atoms with Gasteiger partial charge in [0.25, 0.3) is 0 Å². The highest BCUT2D eigenvalue weighted by atomic mass is 32.1. The van der Waals surface area contributed by atoms with E-state index in [-0.39, 0.29) is 0 Å². The Morgan fingerprint density at radius 3 is 2.48 bits per heavy atom. The minimum Gasteiger partial charge on any atom is -0.475 e. The Hall–Kier alpha value is -1.94. The smallest absolute Gasteiger partial charge is 0.475 e. The Kier molecular flexibility index (Phi) is 7.43. The molecule has 1 unspecified atom stereocenters. The van der Waals surface area contributed by atoms with Crippen molar-refractivity contribution >= 4 is 17.3 Å². The number of fused-ring (bicyclic) bond motifs is 1. The average Bonchev–Trinajstić information content (AvgIpc) is 3.21. The van der Waals surface area contributed by atoms with Gasteiger partial charge in [-0.2, -0.15) is 24.5 Å². The van der Waals surface area contributed by atoms with Crippen LogP contribution in [0.25, 0.3) is 0 Å². The number of carboxylic acid groups (broad SMARTS) is 1. The molecule has 3 N–H and O–H groups in total. The maximum atomic E-state index is 10.6. The summed E-state index contributed by atoms with van der Waals surface area (Å²) in [7, 11) is 0. The van der Waals surface area contributed by atoms with Crippen LogP contribution in [0.1, 0.15) is 41.5 Å². The molecule has 1 aliphatic carbocycles. The Balaban J connectivity index is 0.000000325. The molecule has 3 heterocycles. The lowest BCUT2D eigenvalue weighted by atomic mass is 9.93. The third-order valence-electron chi connectivity index (χ3n) is 6.94. The zero-order valence-electron chi connectivity index (χ0n) is 18.5. The molecule has 1 saturated carbocycles. The molecule has 2 aromatic rings. The molecule has 3 aliphatic rings. The first-order chi connectivity index (χ1) is 15.8. The van der Waals surface area contributed by atoms with Crippen LogP contribution >= 0.6 is 11.3 Å². The van der Waals surface area contributed by atoms with E-state index in [0.717, 1.165) is 32.2 Å². The molecule has 1 atom stereocenters. The number of benzene rings is 1. The second-order valence-electron chi connectivity index (χ2n) is 9.20. The van der Waals surface area contributed by atoms with Crippen LogP contribution in [0.2, 0.25) is 0 Å². The molecule has 2 aliphatic heterocycles. The number of rotatable bonds is 5. The number of nitrogens with one attached hydrogen (secondary N) is 2. The fourth-order valence-electron chi connectivity index (χ4n) is 5.06. The molecular weight excluding hydrogens is 451 g/mol. The van der Waals surface area contributed by atoms with Gasteiger partial charge in [0.1, 0.15) is 0 Å². The van der Waals surface area contributed by atoms with Gasteiger partial charge in [0, 0.05) is 25.7 Å². The van der Waals surface area contributed by atoms with Gasteiger partial charge in [0.05, 0.1) is 0 Å². The molecule has 1 saturated heterocycles. The number of thiophene rings is 1. The normalized spacial score (nSPS) is 21.3. The molecule has 1 aromatic carbocycles. The number of hydrogen-bond donors (Lipinski definition) is 3. The first-order valence-electron chi connectivity index (χ1n) is 11.3. The topological polar surface area (TPSA) is 64.6 Å². The number of nitrogens with zero attached hydrogens (tertiary/aromatic N) is 1. The average molecular weight is 482 g/mol. The zero-order valence-corrected chi connectivity index (χ0v) is 19.3. The standard InChI is InChI=1S/C22H29N3S.C2HF3O2/c1-2-19-3-7-24-13-20(19)11-17(1)14-25(15-18-4-10-26-16-18)21-12-22(21)5-8-23-9-6-22;3-2(4,5)1(6)7/h1-2,4,10-11,16,21,23-24H,3,5-9,12-15H2;(H,6,7). The molecule has 5 nitrogen and oxygen atoms in total. The Morgan fingerprint density at radius 1 is 1.09 bits per heavy atom. The van der Waals surface area contributed by atoms with E-state index in [2.05, 4.69) is 50.6 Å². The lowest BCUT2D eigenvalue weighted by Gasteiger charge is -2.30. The van der Waals surface area contributed by atoms with E-state index in [0.29, 0.717) is 5.41 Å². The van der Waals surface area contributed by atoms with E-state index >= 15 is 0 Å². The van der Waals surface area contributed by atoms with Crippen molar-refractivity contribution in [2.75, 3.05) is 19.6 Å². The van der Waals surface area contributed by atoms with Gasteiger partial charge in [0.15, 0.2) is 0 Å². The summed E-state index contributed by atoms with van der Waals surface area (Å²) in [4.78, 5) is 11.7. The van der Waals surface area contributed by atoms with Crippen molar-refractivity contribution in [3.05, 3.63) is 57.3 Å². The van der Waals surface area contributed by atoms with Crippen LogP contribution in [0.5, 0.6) is 0 Å². The minimum atomic E-state index is -5.08. The number of alkyl halides is 3. The summed E-state index contributed by atoms with van der Waals surface area (Å²) in [5.41, 5.74) is 6.61. The lowest BCUT2D eigenvalue weighted by Crippen LogP contribution is -2.35. The molecule has 2 fully saturated rings. The molecule has 0 amide bonds. The highest BCUT2D eigenvalue weighted by Gasteiger charge is 2.56. The van der Waals surface area contributed by atoms with Gasteiger partial charge in [-0.05, 0) is 89.8 Å². The minimum absolute atomic E-state index is 0.594. The molecule has 1 spiro atoms. The van der Waals surface area contributed by atoms with E-state index in [1.807, 2.05) is 11.3 Å². The second-order valence-corrected chi connectivity index (χ2v) is 9.98. The SMILES string of the molecule is O=C(O)C(F)(F)F.c1cc(CN(Cc2ccc3c(c2)CNCC3)C2CC23CCNCC3)cs1. The van der Waals surface area contributed by atoms with Crippen molar-refractivity contribution in [3.63, 3.8) is 0 Å². The van der Waals surface area contributed by atoms with Crippen LogP contribution in [0, 0.1) is 5.41 Å². The summed E-state index contributed by atoms with van der Waals surface area (Å²) in [5.74, 6) is -2.76. The molecule has 0 bridgehead atoms. The van der Waals surface area contributed by atoms with E-state index in [4.69, 9.17) is 9.90 Å². The maximum Gasteiger partial charge on any atom is 0.490 e. The van der Waals surface area contributed by atoms with Crippen LogP contribution in [-0.2, 0) is 30.8 Å². The fourth-order valence-corrected chi connectivity index (χ4v) is 5.72. The van der Waals surface area contributed by atoms with Crippen LogP contribution in [0.15, 0.2) is 35.0 Å². The number of aliphatic carboxylic acids is 1. The molecule has 0 radical (unpaired) electrons. The van der Waals surface area contributed by atoms with Crippen molar-refractivity contribution < 1.29 is 23.1 Å². The van der Waals surface area contributed by atoms with Gasteiger partial charge in [-0.1, -0.05) is 18.2 Å². The Labute approximate surface area is 196 Å². The number of piperidine rings is 1. The summed E-state index contributed by atoms with van der Waals surface area (Å²) in [6.45, 7) is 6.74. The lowest BCUT2D eigenvalue weighted by molar-refractivity contribution is -0.192. The fraction of sp³-hybridized carbons (Fsp3) is 0.542. The van der Waals surface area contributed by atoms with E-state index in [1.54, 1.807) is 0 Å². The number of carbonyl (C=O) groups is 1. The molecule has 180 valence electrons. The van der Waals surface area contributed by atoms with Crippen LogP contribution in [-0.4, -0.2) is 47.8 Å². The summed E-state index contributed by atoms with van der Waals surface area (Å²) in [6.07, 6.45) is 0.191. The van der Waals surface area contributed by atoms with Gasteiger partial charge in [-0.25, -0.2) is 4.79 Å².